The highest BCUT2D eigenvalue weighted by Gasteiger charge is 2.08. The molecule has 0 fully saturated rings. The molecule has 0 aliphatic rings. The Balaban J connectivity index is 1.81. The van der Waals surface area contributed by atoms with Crippen molar-refractivity contribution in [3.8, 4) is 5.75 Å². The Morgan fingerprint density at radius 3 is 2.76 bits per heavy atom. The molecule has 2 heterocycles. The van der Waals surface area contributed by atoms with Gasteiger partial charge in [0.25, 0.3) is 5.56 Å². The van der Waals surface area contributed by atoms with Crippen LogP contribution in [0.3, 0.4) is 0 Å². The highest BCUT2D eigenvalue weighted by atomic mass is 32.1. The van der Waals surface area contributed by atoms with Crippen LogP contribution in [-0.4, -0.2) is 16.7 Å². The highest BCUT2D eigenvalue weighted by Crippen LogP contribution is 2.19. The van der Waals surface area contributed by atoms with Crippen LogP contribution in [0.15, 0.2) is 40.8 Å². The topological polar surface area (TPSA) is 44.1 Å². The van der Waals surface area contributed by atoms with Crippen LogP contribution in [0.2, 0.25) is 0 Å². The number of fused-ring (bicyclic) bond motifs is 1. The maximum Gasteiger partial charge on any atom is 0.271 e. The zero-order chi connectivity index (χ0) is 14.8. The molecular formula is C16H16N2O2S. The van der Waals surface area contributed by atoms with Crippen LogP contribution in [0.1, 0.15) is 11.1 Å². The van der Waals surface area contributed by atoms with E-state index in [-0.39, 0.29) is 5.56 Å². The lowest BCUT2D eigenvalue weighted by Gasteiger charge is -2.06. The van der Waals surface area contributed by atoms with E-state index in [1.807, 2.05) is 36.6 Å². The smallest absolute Gasteiger partial charge is 0.271 e. The van der Waals surface area contributed by atoms with Crippen molar-refractivity contribution in [2.45, 2.75) is 19.9 Å². The maximum atomic E-state index is 12.4. The van der Waals surface area contributed by atoms with Crippen LogP contribution < -0.4 is 10.3 Å². The quantitative estimate of drug-likeness (QED) is 0.744. The number of hydrogen-bond acceptors (Lipinski definition) is 4. The first-order chi connectivity index (χ1) is 10.2. The van der Waals surface area contributed by atoms with Crippen molar-refractivity contribution in [2.24, 2.45) is 0 Å². The van der Waals surface area contributed by atoms with Crippen molar-refractivity contribution in [1.82, 2.24) is 9.55 Å². The Bertz CT molecular complexity index is 818. The largest absolute Gasteiger partial charge is 0.497 e. The molecule has 0 saturated carbocycles. The summed E-state index contributed by atoms with van der Waals surface area (Å²) in [5.74, 6) is 0.841. The van der Waals surface area contributed by atoms with Gasteiger partial charge < -0.3 is 4.74 Å². The van der Waals surface area contributed by atoms with Crippen molar-refractivity contribution in [3.05, 3.63) is 57.5 Å². The van der Waals surface area contributed by atoms with Gasteiger partial charge in [-0.05, 0) is 42.0 Å². The number of benzene rings is 1. The third-order valence-electron chi connectivity index (χ3n) is 3.52. The first kappa shape index (κ1) is 13.8. The molecule has 21 heavy (non-hydrogen) atoms. The van der Waals surface area contributed by atoms with Crippen LogP contribution in [0.5, 0.6) is 5.75 Å². The predicted octanol–water partition coefficient (Wildman–Crippen LogP) is 3.02. The summed E-state index contributed by atoms with van der Waals surface area (Å²) in [7, 11) is 1.65. The van der Waals surface area contributed by atoms with Crippen molar-refractivity contribution in [3.63, 3.8) is 0 Å². The van der Waals surface area contributed by atoms with Crippen molar-refractivity contribution >= 4 is 21.6 Å². The van der Waals surface area contributed by atoms with Gasteiger partial charge in [-0.2, -0.15) is 0 Å². The number of hydrogen-bond donors (Lipinski definition) is 0. The van der Waals surface area contributed by atoms with E-state index < -0.39 is 0 Å². The fraction of sp³-hybridized carbons (Fsp3) is 0.250. The lowest BCUT2D eigenvalue weighted by Crippen LogP contribution is -2.20. The zero-order valence-corrected chi connectivity index (χ0v) is 12.8. The molecule has 0 aliphatic heterocycles. The minimum Gasteiger partial charge on any atom is -0.497 e. The molecule has 0 atom stereocenters. The van der Waals surface area contributed by atoms with Crippen molar-refractivity contribution < 1.29 is 4.74 Å². The zero-order valence-electron chi connectivity index (χ0n) is 12.0. The molecule has 1 aromatic carbocycles. The van der Waals surface area contributed by atoms with Gasteiger partial charge in [0.2, 0.25) is 0 Å². The molecule has 4 nitrogen and oxygen atoms in total. The van der Waals surface area contributed by atoms with E-state index in [0.717, 1.165) is 28.0 Å². The number of aryl methyl sites for hydroxylation is 3. The average molecular weight is 300 g/mol. The van der Waals surface area contributed by atoms with Gasteiger partial charge in [0.15, 0.2) is 0 Å². The van der Waals surface area contributed by atoms with Crippen molar-refractivity contribution in [1.29, 1.82) is 0 Å². The molecule has 3 aromatic rings. The summed E-state index contributed by atoms with van der Waals surface area (Å²) in [6.45, 7) is 2.61. The Morgan fingerprint density at radius 1 is 1.29 bits per heavy atom. The monoisotopic (exact) mass is 300 g/mol. The molecule has 0 bridgehead atoms. The van der Waals surface area contributed by atoms with Gasteiger partial charge in [0.05, 0.1) is 19.0 Å². The summed E-state index contributed by atoms with van der Waals surface area (Å²) >= 11 is 1.47. The Labute approximate surface area is 126 Å². The molecule has 2 aromatic heterocycles. The normalized spacial score (nSPS) is 11.0. The van der Waals surface area contributed by atoms with Crippen LogP contribution in [0, 0.1) is 6.92 Å². The molecule has 0 unspecified atom stereocenters. The van der Waals surface area contributed by atoms with Gasteiger partial charge in [-0.3, -0.25) is 9.36 Å². The first-order valence-electron chi connectivity index (χ1n) is 6.75. The van der Waals surface area contributed by atoms with Crippen LogP contribution in [0.4, 0.5) is 0 Å². The number of aromatic nitrogens is 2. The Morgan fingerprint density at radius 2 is 2.05 bits per heavy atom. The summed E-state index contributed by atoms with van der Waals surface area (Å²) in [6, 6.07) is 7.90. The Kier molecular flexibility index (Phi) is 3.75. The highest BCUT2D eigenvalue weighted by molar-refractivity contribution is 7.17. The number of rotatable bonds is 4. The van der Waals surface area contributed by atoms with Crippen LogP contribution >= 0.6 is 11.3 Å². The van der Waals surface area contributed by atoms with Crippen LogP contribution in [-0.2, 0) is 13.0 Å². The first-order valence-corrected chi connectivity index (χ1v) is 7.63. The van der Waals surface area contributed by atoms with E-state index in [0.29, 0.717) is 6.54 Å². The molecular weight excluding hydrogens is 284 g/mol. The molecule has 0 radical (unpaired) electrons. The van der Waals surface area contributed by atoms with E-state index in [1.165, 1.54) is 16.9 Å². The minimum atomic E-state index is 0.0478. The molecule has 108 valence electrons. The molecule has 5 heteroatoms. The van der Waals surface area contributed by atoms with Crippen LogP contribution in [0.25, 0.3) is 10.2 Å². The fourth-order valence-electron chi connectivity index (χ4n) is 2.26. The average Bonchev–Trinajstić information content (AvgIpc) is 2.89. The standard InChI is InChI=1S/C16H16N2O2S/c1-11-9-21-15-14(11)17-10-18(16(15)19)8-7-12-3-5-13(20-2)6-4-12/h3-6,9-10H,7-8H2,1-2H3. The molecule has 0 spiro atoms. The Hall–Kier alpha value is -2.14. The van der Waals surface area contributed by atoms with Gasteiger partial charge in [-0.1, -0.05) is 12.1 Å². The van der Waals surface area contributed by atoms with Gasteiger partial charge in [0.1, 0.15) is 10.4 Å². The second kappa shape index (κ2) is 5.69. The second-order valence-electron chi connectivity index (χ2n) is 4.94. The molecule has 0 N–H and O–H groups in total. The third kappa shape index (κ3) is 2.69. The third-order valence-corrected chi connectivity index (χ3v) is 4.60. The lowest BCUT2D eigenvalue weighted by molar-refractivity contribution is 0.414. The fourth-order valence-corrected chi connectivity index (χ4v) is 3.21. The number of methoxy groups -OCH3 is 1. The minimum absolute atomic E-state index is 0.0478. The number of nitrogens with zero attached hydrogens (tertiary/aromatic N) is 2. The number of thiophene rings is 1. The van der Waals surface area contributed by atoms with Gasteiger partial charge in [0, 0.05) is 6.54 Å². The summed E-state index contributed by atoms with van der Waals surface area (Å²) in [6.07, 6.45) is 2.44. The molecule has 3 rings (SSSR count). The lowest BCUT2D eigenvalue weighted by atomic mass is 10.1. The molecule has 0 aliphatic carbocycles. The van der Waals surface area contributed by atoms with E-state index >= 15 is 0 Å². The van der Waals surface area contributed by atoms with E-state index in [4.69, 9.17) is 4.74 Å². The maximum absolute atomic E-state index is 12.4. The summed E-state index contributed by atoms with van der Waals surface area (Å²) in [5.41, 5.74) is 3.11. The molecule has 0 saturated heterocycles. The summed E-state index contributed by atoms with van der Waals surface area (Å²) in [5, 5.41) is 1.98. The molecule has 0 amide bonds. The summed E-state index contributed by atoms with van der Waals surface area (Å²) < 4.78 is 7.56. The van der Waals surface area contributed by atoms with Gasteiger partial charge >= 0.3 is 0 Å². The van der Waals surface area contributed by atoms with Gasteiger partial charge in [-0.25, -0.2) is 4.98 Å². The van der Waals surface area contributed by atoms with Gasteiger partial charge in [-0.15, -0.1) is 11.3 Å². The predicted molar refractivity (Wildman–Crippen MR) is 85.3 cm³/mol. The van der Waals surface area contributed by atoms with E-state index in [9.17, 15) is 4.79 Å². The summed E-state index contributed by atoms with van der Waals surface area (Å²) in [4.78, 5) is 16.8. The second-order valence-corrected chi connectivity index (χ2v) is 5.82. The van der Waals surface area contributed by atoms with E-state index in [2.05, 4.69) is 4.98 Å². The van der Waals surface area contributed by atoms with E-state index in [1.54, 1.807) is 18.0 Å². The van der Waals surface area contributed by atoms with Crippen molar-refractivity contribution in [2.75, 3.05) is 7.11 Å². The number of ether oxygens (including phenoxy) is 1. The SMILES string of the molecule is COc1ccc(CCn2cnc3c(C)csc3c2=O)cc1.